The van der Waals surface area contributed by atoms with Crippen molar-refractivity contribution in [2.75, 3.05) is 0 Å². The molecule has 2 unspecified atom stereocenters. The summed E-state index contributed by atoms with van der Waals surface area (Å²) in [6.45, 7) is 9.92. The third-order valence-electron chi connectivity index (χ3n) is 12.9. The van der Waals surface area contributed by atoms with Gasteiger partial charge in [0.05, 0.1) is 22.8 Å². The van der Waals surface area contributed by atoms with Gasteiger partial charge in [0, 0.05) is 24.8 Å². The summed E-state index contributed by atoms with van der Waals surface area (Å²) in [5, 5.41) is 0. The molecule has 2 saturated carbocycles. The van der Waals surface area contributed by atoms with E-state index in [4.69, 9.17) is 9.97 Å². The molecule has 230 valence electrons. The Morgan fingerprint density at radius 3 is 1.41 bits per heavy atom. The maximum atomic E-state index is 4.92. The lowest BCUT2D eigenvalue weighted by atomic mass is 9.43. The molecule has 4 heterocycles. The van der Waals surface area contributed by atoms with Gasteiger partial charge in [0.25, 0.3) is 0 Å². The van der Waals surface area contributed by atoms with Crippen LogP contribution in [0.3, 0.4) is 0 Å². The first kappa shape index (κ1) is 28.1. The summed E-state index contributed by atoms with van der Waals surface area (Å²) in [5.74, 6) is 3.55. The van der Waals surface area contributed by atoms with Crippen LogP contribution in [-0.2, 0) is 12.8 Å². The summed E-state index contributed by atoms with van der Waals surface area (Å²) in [4.78, 5) is 19.1. The smallest absolute Gasteiger partial charge is 0.0889 e. The zero-order chi connectivity index (χ0) is 31.2. The Labute approximate surface area is 272 Å². The van der Waals surface area contributed by atoms with E-state index in [1.54, 1.807) is 0 Å². The van der Waals surface area contributed by atoms with Crippen LogP contribution >= 0.6 is 0 Å². The summed E-state index contributed by atoms with van der Waals surface area (Å²) in [6.07, 6.45) is 12.8. The van der Waals surface area contributed by atoms with Crippen LogP contribution in [0.25, 0.3) is 22.8 Å². The first-order valence-corrected chi connectivity index (χ1v) is 17.2. The summed E-state index contributed by atoms with van der Waals surface area (Å²) < 4.78 is 0. The van der Waals surface area contributed by atoms with Gasteiger partial charge in [-0.25, -0.2) is 0 Å². The lowest BCUT2D eigenvalue weighted by Gasteiger charge is -2.60. The van der Waals surface area contributed by atoms with Gasteiger partial charge in [-0.2, -0.15) is 0 Å². The minimum Gasteiger partial charge on any atom is -0.255 e. The second-order valence-corrected chi connectivity index (χ2v) is 15.7. The Kier molecular flexibility index (Phi) is 6.20. The predicted octanol–water partition coefficient (Wildman–Crippen LogP) is 9.54. The molecule has 0 aliphatic heterocycles. The Hall–Kier alpha value is -4.18. The van der Waals surface area contributed by atoms with Gasteiger partial charge in [0.15, 0.2) is 0 Å². The second-order valence-electron chi connectivity index (χ2n) is 15.7. The zero-order valence-electron chi connectivity index (χ0n) is 27.3. The molecule has 5 aromatic rings. The van der Waals surface area contributed by atoms with Gasteiger partial charge in [-0.3, -0.25) is 19.9 Å². The number of pyridine rings is 4. The predicted molar refractivity (Wildman–Crippen MR) is 184 cm³/mol. The van der Waals surface area contributed by atoms with Gasteiger partial charge < -0.3 is 0 Å². The van der Waals surface area contributed by atoms with Crippen molar-refractivity contribution in [1.82, 2.24) is 19.9 Å². The first-order chi connectivity index (χ1) is 22.3. The highest BCUT2D eigenvalue weighted by molar-refractivity contribution is 5.59. The number of aromatic nitrogens is 4. The number of rotatable bonds is 6. The van der Waals surface area contributed by atoms with Crippen LogP contribution in [0.4, 0.5) is 0 Å². The Morgan fingerprint density at radius 1 is 0.522 bits per heavy atom. The van der Waals surface area contributed by atoms with E-state index in [0.29, 0.717) is 46.3 Å². The summed E-state index contributed by atoms with van der Waals surface area (Å²) in [6, 6.07) is 26.5. The van der Waals surface area contributed by atoms with E-state index in [2.05, 4.69) is 111 Å². The minimum absolute atomic E-state index is 0.307. The molecule has 0 saturated heterocycles. The average molecular weight is 603 g/mol. The van der Waals surface area contributed by atoms with Crippen molar-refractivity contribution in [2.24, 2.45) is 22.7 Å². The molecule has 11 rings (SSSR count). The van der Waals surface area contributed by atoms with Crippen LogP contribution in [-0.4, -0.2) is 19.9 Å². The maximum absolute atomic E-state index is 4.92. The normalized spacial score (nSPS) is 27.5. The van der Waals surface area contributed by atoms with Crippen LogP contribution in [0.1, 0.15) is 97.6 Å². The molecule has 0 N–H and O–H groups in total. The van der Waals surface area contributed by atoms with Crippen LogP contribution in [0.5, 0.6) is 0 Å². The SMILES string of the molecule is CC1(C)[C@@H]2C[C@H]1c1cnc(-c3ccccn3)cc1C2Cc1cccc(CC2c3cc(-c4ccccn4)ncc3[C@@H]3C[C@H]2C3(C)C)c1. The molecule has 4 nitrogen and oxygen atoms in total. The first-order valence-electron chi connectivity index (χ1n) is 17.2. The topological polar surface area (TPSA) is 51.6 Å². The molecule has 0 amide bonds. The van der Waals surface area contributed by atoms with Crippen molar-refractivity contribution in [2.45, 2.75) is 77.0 Å². The number of benzene rings is 1. The summed E-state index contributed by atoms with van der Waals surface area (Å²) in [7, 11) is 0. The third kappa shape index (κ3) is 4.18. The largest absolute Gasteiger partial charge is 0.255 e. The van der Waals surface area contributed by atoms with Crippen molar-refractivity contribution in [3.63, 3.8) is 0 Å². The molecule has 6 aliphatic carbocycles. The van der Waals surface area contributed by atoms with Crippen LogP contribution in [0.2, 0.25) is 0 Å². The highest BCUT2D eigenvalue weighted by atomic mass is 14.8. The minimum atomic E-state index is 0.307. The maximum Gasteiger partial charge on any atom is 0.0889 e. The third-order valence-corrected chi connectivity index (χ3v) is 12.9. The Bertz CT molecular complexity index is 1810. The van der Waals surface area contributed by atoms with Gasteiger partial charge in [-0.15, -0.1) is 0 Å². The highest BCUT2D eigenvalue weighted by Crippen LogP contribution is 2.68. The van der Waals surface area contributed by atoms with E-state index in [-0.39, 0.29) is 0 Å². The molecule has 4 bridgehead atoms. The van der Waals surface area contributed by atoms with E-state index in [1.165, 1.54) is 46.2 Å². The molecule has 0 radical (unpaired) electrons. The second kappa shape index (κ2) is 10.2. The van der Waals surface area contributed by atoms with Crippen LogP contribution in [0, 0.1) is 22.7 Å². The molecule has 1 aromatic carbocycles. The van der Waals surface area contributed by atoms with E-state index in [1.807, 2.05) is 24.5 Å². The summed E-state index contributed by atoms with van der Waals surface area (Å²) in [5.41, 5.74) is 13.4. The van der Waals surface area contributed by atoms with Crippen molar-refractivity contribution in [3.8, 4) is 22.8 Å². The molecular weight excluding hydrogens is 560 g/mol. The van der Waals surface area contributed by atoms with E-state index in [9.17, 15) is 0 Å². The zero-order valence-corrected chi connectivity index (χ0v) is 27.3. The Morgan fingerprint density at radius 2 is 1.00 bits per heavy atom. The molecule has 6 aliphatic rings. The van der Waals surface area contributed by atoms with Crippen molar-refractivity contribution in [1.29, 1.82) is 0 Å². The molecule has 4 heteroatoms. The number of hydrogen-bond donors (Lipinski definition) is 0. The molecule has 6 atom stereocenters. The number of hydrogen-bond acceptors (Lipinski definition) is 4. The van der Waals surface area contributed by atoms with Crippen LogP contribution in [0.15, 0.2) is 97.6 Å². The molecular formula is C42H42N4. The van der Waals surface area contributed by atoms with Crippen LogP contribution < -0.4 is 0 Å². The van der Waals surface area contributed by atoms with Gasteiger partial charge in [0.2, 0.25) is 0 Å². The summed E-state index contributed by atoms with van der Waals surface area (Å²) >= 11 is 0. The molecule has 2 fully saturated rings. The highest BCUT2D eigenvalue weighted by Gasteiger charge is 2.58. The molecule has 0 spiro atoms. The van der Waals surface area contributed by atoms with E-state index in [0.717, 1.165) is 35.6 Å². The van der Waals surface area contributed by atoms with Crippen molar-refractivity contribution in [3.05, 3.63) is 131 Å². The van der Waals surface area contributed by atoms with Gasteiger partial charge in [-0.1, -0.05) is 64.1 Å². The lowest BCUT2D eigenvalue weighted by Crippen LogP contribution is -2.51. The van der Waals surface area contributed by atoms with Gasteiger partial charge >= 0.3 is 0 Å². The number of nitrogens with zero attached hydrogens (tertiary/aromatic N) is 4. The molecule has 4 aromatic heterocycles. The quantitative estimate of drug-likeness (QED) is 0.194. The Balaban J connectivity index is 1.04. The standard InChI is InChI=1S/C42H42N4/c1-41(2)33-21-35(41)31-23-45-39(37-12-5-7-14-43-37)19-27(31)29(33)17-25-10-9-11-26(16-25)18-30-28-20-40(38-13-6-8-15-44-38)46-24-32(28)36-22-34(30)42(36,3)4/h5-16,19-20,23-24,29-30,33-36H,17-18,21-22H2,1-4H3/t29?,30?,33-,34-,35+,36+/m1/s1. The van der Waals surface area contributed by atoms with E-state index >= 15 is 0 Å². The fourth-order valence-corrected chi connectivity index (χ4v) is 10.2. The van der Waals surface area contributed by atoms with Crippen molar-refractivity contribution >= 4 is 0 Å². The fourth-order valence-electron chi connectivity index (χ4n) is 10.2. The van der Waals surface area contributed by atoms with Gasteiger partial charge in [0.1, 0.15) is 0 Å². The van der Waals surface area contributed by atoms with E-state index < -0.39 is 0 Å². The lowest BCUT2D eigenvalue weighted by molar-refractivity contribution is -0.00613. The van der Waals surface area contributed by atoms with Gasteiger partial charge in [-0.05, 0) is 142 Å². The van der Waals surface area contributed by atoms with Crippen molar-refractivity contribution < 1.29 is 0 Å². The molecule has 46 heavy (non-hydrogen) atoms. The average Bonchev–Trinajstić information content (AvgIpc) is 3.08. The fraction of sp³-hybridized carbons (Fsp3) is 0.381. The monoisotopic (exact) mass is 602 g/mol.